The molecule has 1 heterocycles. The van der Waals surface area contributed by atoms with Crippen molar-refractivity contribution >= 4 is 17.9 Å². The van der Waals surface area contributed by atoms with Crippen LogP contribution in [0.25, 0.3) is 11.1 Å². The highest BCUT2D eigenvalue weighted by molar-refractivity contribution is 6.32. The van der Waals surface area contributed by atoms with Crippen LogP contribution in [0.4, 0.5) is 0 Å². The summed E-state index contributed by atoms with van der Waals surface area (Å²) >= 11 is 6.26. The van der Waals surface area contributed by atoms with Crippen LogP contribution in [0.5, 0.6) is 11.5 Å². The number of likely N-dealkylation sites (tertiary alicyclic amines) is 1. The Kier molecular flexibility index (Phi) is 8.45. The van der Waals surface area contributed by atoms with Crippen molar-refractivity contribution in [3.63, 3.8) is 0 Å². The summed E-state index contributed by atoms with van der Waals surface area (Å²) in [4.78, 5) is 13.2. The summed E-state index contributed by atoms with van der Waals surface area (Å²) in [6, 6.07) is 17.4. The van der Waals surface area contributed by atoms with Gasteiger partial charge < -0.3 is 19.5 Å². The molecule has 184 valence electrons. The first-order chi connectivity index (χ1) is 17.0. The molecule has 0 radical (unpaired) electrons. The normalized spacial score (nSPS) is 15.8. The standard InChI is InChI=1S/C29H32ClNO4/c1-20-23(19-35-29-11-10-22(18-32)16-27(29)30)6-3-7-25(20)26-8-4-9-28(21(26)2)34-15-5-13-31-14-12-24(33)17-31/h3-4,6-11,16,18,24,33H,5,12-15,17,19H2,1-2H3/t24-/m1/s1. The van der Waals surface area contributed by atoms with Gasteiger partial charge in [0.2, 0.25) is 0 Å². The summed E-state index contributed by atoms with van der Waals surface area (Å²) in [5, 5.41) is 10.1. The van der Waals surface area contributed by atoms with Crippen molar-refractivity contribution in [3.8, 4) is 22.6 Å². The summed E-state index contributed by atoms with van der Waals surface area (Å²) in [5.74, 6) is 1.45. The van der Waals surface area contributed by atoms with E-state index in [0.717, 1.165) is 72.3 Å². The second kappa shape index (κ2) is 11.7. The van der Waals surface area contributed by atoms with Crippen molar-refractivity contribution in [2.75, 3.05) is 26.2 Å². The molecule has 1 aliphatic heterocycles. The molecule has 3 aromatic carbocycles. The van der Waals surface area contributed by atoms with E-state index in [1.807, 2.05) is 18.2 Å². The van der Waals surface area contributed by atoms with Crippen molar-refractivity contribution in [3.05, 3.63) is 81.9 Å². The second-order valence-corrected chi connectivity index (χ2v) is 9.47. The minimum absolute atomic E-state index is 0.181. The number of aliphatic hydroxyl groups excluding tert-OH is 1. The molecule has 1 N–H and O–H groups in total. The highest BCUT2D eigenvalue weighted by Gasteiger charge is 2.19. The Hall–Kier alpha value is -2.86. The maximum absolute atomic E-state index is 10.9. The van der Waals surface area contributed by atoms with Gasteiger partial charge in [0, 0.05) is 25.2 Å². The summed E-state index contributed by atoms with van der Waals surface area (Å²) in [7, 11) is 0. The molecule has 0 saturated carbocycles. The van der Waals surface area contributed by atoms with Gasteiger partial charge in [-0.15, -0.1) is 0 Å². The molecular weight excluding hydrogens is 462 g/mol. The van der Waals surface area contributed by atoms with Crippen molar-refractivity contribution in [1.29, 1.82) is 0 Å². The number of hydrogen-bond acceptors (Lipinski definition) is 5. The molecule has 0 unspecified atom stereocenters. The van der Waals surface area contributed by atoms with E-state index in [1.54, 1.807) is 18.2 Å². The Labute approximate surface area is 212 Å². The third-order valence-electron chi connectivity index (χ3n) is 6.62. The van der Waals surface area contributed by atoms with Crippen LogP contribution in [-0.2, 0) is 6.61 Å². The highest BCUT2D eigenvalue weighted by Crippen LogP contribution is 2.34. The molecule has 0 aliphatic carbocycles. The van der Waals surface area contributed by atoms with Gasteiger partial charge in [-0.25, -0.2) is 0 Å². The first-order valence-electron chi connectivity index (χ1n) is 12.1. The SMILES string of the molecule is Cc1c(COc2ccc(C=O)cc2Cl)cccc1-c1cccc(OCCCN2CC[C@@H](O)C2)c1C. The maximum Gasteiger partial charge on any atom is 0.150 e. The molecule has 1 fully saturated rings. The van der Waals surface area contributed by atoms with E-state index in [9.17, 15) is 9.90 Å². The number of halogens is 1. The van der Waals surface area contributed by atoms with Gasteiger partial charge in [-0.1, -0.05) is 41.9 Å². The van der Waals surface area contributed by atoms with Crippen LogP contribution in [-0.4, -0.2) is 48.6 Å². The van der Waals surface area contributed by atoms with Gasteiger partial charge in [-0.05, 0) is 78.8 Å². The molecule has 4 rings (SSSR count). The molecule has 1 saturated heterocycles. The zero-order chi connectivity index (χ0) is 24.8. The summed E-state index contributed by atoms with van der Waals surface area (Å²) in [6.07, 6.45) is 2.38. The van der Waals surface area contributed by atoms with Crippen LogP contribution in [0.3, 0.4) is 0 Å². The third-order valence-corrected chi connectivity index (χ3v) is 6.91. The minimum Gasteiger partial charge on any atom is -0.493 e. The molecule has 3 aromatic rings. The molecular formula is C29H32ClNO4. The number of β-amino-alcohol motifs (C(OH)–C–C–N with tert-alkyl or cyclic N) is 1. The van der Waals surface area contributed by atoms with E-state index in [2.05, 4.69) is 36.9 Å². The highest BCUT2D eigenvalue weighted by atomic mass is 35.5. The fourth-order valence-electron chi connectivity index (χ4n) is 4.54. The minimum atomic E-state index is -0.181. The molecule has 0 aromatic heterocycles. The Morgan fingerprint density at radius 1 is 1.03 bits per heavy atom. The number of nitrogens with zero attached hydrogens (tertiary/aromatic N) is 1. The van der Waals surface area contributed by atoms with E-state index in [0.29, 0.717) is 29.5 Å². The van der Waals surface area contributed by atoms with E-state index in [-0.39, 0.29) is 6.10 Å². The topological polar surface area (TPSA) is 59.0 Å². The fourth-order valence-corrected chi connectivity index (χ4v) is 4.79. The predicted molar refractivity (Wildman–Crippen MR) is 140 cm³/mol. The maximum atomic E-state index is 10.9. The lowest BCUT2D eigenvalue weighted by atomic mass is 9.93. The van der Waals surface area contributed by atoms with E-state index >= 15 is 0 Å². The first kappa shape index (κ1) is 25.2. The van der Waals surface area contributed by atoms with Crippen molar-refractivity contribution in [2.45, 2.75) is 39.4 Å². The number of carbonyl (C=O) groups excluding carboxylic acids is 1. The van der Waals surface area contributed by atoms with Crippen LogP contribution in [0.1, 0.15) is 39.9 Å². The van der Waals surface area contributed by atoms with Crippen LogP contribution < -0.4 is 9.47 Å². The molecule has 35 heavy (non-hydrogen) atoms. The molecule has 0 bridgehead atoms. The lowest BCUT2D eigenvalue weighted by Crippen LogP contribution is -2.24. The van der Waals surface area contributed by atoms with Crippen LogP contribution in [0, 0.1) is 13.8 Å². The van der Waals surface area contributed by atoms with Crippen molar-refractivity contribution in [2.24, 2.45) is 0 Å². The monoisotopic (exact) mass is 493 g/mol. The lowest BCUT2D eigenvalue weighted by molar-refractivity contribution is 0.112. The molecule has 6 heteroatoms. The van der Waals surface area contributed by atoms with E-state index in [4.69, 9.17) is 21.1 Å². The summed E-state index contributed by atoms with van der Waals surface area (Å²) in [5.41, 5.74) is 6.11. The predicted octanol–water partition coefficient (Wildman–Crippen LogP) is 5.85. The molecule has 5 nitrogen and oxygen atoms in total. The van der Waals surface area contributed by atoms with Gasteiger partial charge in [0.25, 0.3) is 0 Å². The number of rotatable bonds is 10. The van der Waals surface area contributed by atoms with Gasteiger partial charge >= 0.3 is 0 Å². The number of aliphatic hydroxyl groups is 1. The molecule has 1 atom stereocenters. The summed E-state index contributed by atoms with van der Waals surface area (Å²) in [6.45, 7) is 7.89. The zero-order valence-corrected chi connectivity index (χ0v) is 21.1. The zero-order valence-electron chi connectivity index (χ0n) is 20.3. The lowest BCUT2D eigenvalue weighted by Gasteiger charge is -2.18. The number of aldehydes is 1. The van der Waals surface area contributed by atoms with Crippen molar-refractivity contribution in [1.82, 2.24) is 4.90 Å². The Balaban J connectivity index is 1.43. The smallest absolute Gasteiger partial charge is 0.150 e. The van der Waals surface area contributed by atoms with E-state index < -0.39 is 0 Å². The van der Waals surface area contributed by atoms with Crippen LogP contribution >= 0.6 is 11.6 Å². The number of carbonyl (C=O) groups is 1. The van der Waals surface area contributed by atoms with Crippen LogP contribution in [0.2, 0.25) is 5.02 Å². The largest absolute Gasteiger partial charge is 0.493 e. The number of benzene rings is 3. The first-order valence-corrected chi connectivity index (χ1v) is 12.4. The molecule has 0 spiro atoms. The van der Waals surface area contributed by atoms with E-state index in [1.165, 1.54) is 0 Å². The molecule has 0 amide bonds. The summed E-state index contributed by atoms with van der Waals surface area (Å²) < 4.78 is 12.1. The molecule has 1 aliphatic rings. The Bertz CT molecular complexity index is 1180. The van der Waals surface area contributed by atoms with Gasteiger partial charge in [0.05, 0.1) is 17.7 Å². The number of ether oxygens (including phenoxy) is 2. The third kappa shape index (κ3) is 6.23. The quantitative estimate of drug-likeness (QED) is 0.283. The Morgan fingerprint density at radius 3 is 2.51 bits per heavy atom. The average Bonchev–Trinajstić information content (AvgIpc) is 3.28. The Morgan fingerprint density at radius 2 is 1.80 bits per heavy atom. The van der Waals surface area contributed by atoms with Crippen LogP contribution in [0.15, 0.2) is 54.6 Å². The van der Waals surface area contributed by atoms with Gasteiger partial charge in [-0.2, -0.15) is 0 Å². The van der Waals surface area contributed by atoms with Gasteiger partial charge in [0.15, 0.2) is 0 Å². The average molecular weight is 494 g/mol. The number of hydrogen-bond donors (Lipinski definition) is 1. The van der Waals surface area contributed by atoms with Crippen molar-refractivity contribution < 1.29 is 19.4 Å². The van der Waals surface area contributed by atoms with Gasteiger partial charge in [0.1, 0.15) is 24.4 Å². The van der Waals surface area contributed by atoms with Gasteiger partial charge in [-0.3, -0.25) is 4.79 Å². The fraction of sp³-hybridized carbons (Fsp3) is 0.345. The second-order valence-electron chi connectivity index (χ2n) is 9.06.